The zero-order chi connectivity index (χ0) is 19.5. The largest absolute Gasteiger partial charge is 0.357 e. The molecule has 152 valence electrons. The normalized spacial score (nSPS) is 10.8. The van der Waals surface area contributed by atoms with E-state index in [4.69, 9.17) is 0 Å². The van der Waals surface area contributed by atoms with Crippen LogP contribution in [0.15, 0.2) is 53.5 Å². The van der Waals surface area contributed by atoms with Gasteiger partial charge in [0.1, 0.15) is 0 Å². The van der Waals surface area contributed by atoms with Gasteiger partial charge in [-0.3, -0.25) is 4.79 Å². The molecule has 6 heteroatoms. The molecule has 0 aliphatic carbocycles. The van der Waals surface area contributed by atoms with Crippen LogP contribution in [0.5, 0.6) is 0 Å². The Labute approximate surface area is 185 Å². The highest BCUT2D eigenvalue weighted by Gasteiger charge is 2.05. The van der Waals surface area contributed by atoms with Crippen LogP contribution in [0.2, 0.25) is 0 Å². The Morgan fingerprint density at radius 2 is 1.79 bits per heavy atom. The average molecular weight is 494 g/mol. The number of nitrogens with zero attached hydrogens (tertiary/aromatic N) is 1. The lowest BCUT2D eigenvalue weighted by Gasteiger charge is -2.13. The summed E-state index contributed by atoms with van der Waals surface area (Å²) in [7, 11) is 0. The van der Waals surface area contributed by atoms with Gasteiger partial charge in [-0.2, -0.15) is 0 Å². The molecule has 28 heavy (non-hydrogen) atoms. The Morgan fingerprint density at radius 1 is 1.00 bits per heavy atom. The SMILES string of the molecule is CCCNC(=O)c1cccc(CN=C(NCC)NCc2ccccc2C)c1.I. The van der Waals surface area contributed by atoms with Crippen molar-refractivity contribution in [1.82, 2.24) is 16.0 Å². The van der Waals surface area contributed by atoms with Crippen LogP contribution in [-0.2, 0) is 13.1 Å². The number of halogens is 1. The van der Waals surface area contributed by atoms with Gasteiger partial charge in [0.25, 0.3) is 5.91 Å². The van der Waals surface area contributed by atoms with E-state index in [9.17, 15) is 4.79 Å². The first-order chi connectivity index (χ1) is 13.1. The Hall–Kier alpha value is -2.09. The minimum Gasteiger partial charge on any atom is -0.357 e. The maximum atomic E-state index is 12.1. The molecule has 1 amide bonds. The summed E-state index contributed by atoms with van der Waals surface area (Å²) in [5.74, 6) is 0.730. The monoisotopic (exact) mass is 494 g/mol. The smallest absolute Gasteiger partial charge is 0.251 e. The number of aryl methyl sites for hydroxylation is 1. The molecule has 0 radical (unpaired) electrons. The number of aliphatic imine (C=N–C) groups is 1. The summed E-state index contributed by atoms with van der Waals surface area (Å²) >= 11 is 0. The van der Waals surface area contributed by atoms with Crippen LogP contribution in [0.3, 0.4) is 0 Å². The number of carbonyl (C=O) groups is 1. The quantitative estimate of drug-likeness (QED) is 0.295. The van der Waals surface area contributed by atoms with Crippen molar-refractivity contribution < 1.29 is 4.79 Å². The predicted octanol–water partition coefficient (Wildman–Crippen LogP) is 4.01. The average Bonchev–Trinajstić information content (AvgIpc) is 2.69. The van der Waals surface area contributed by atoms with Gasteiger partial charge in [0.2, 0.25) is 0 Å². The molecule has 0 aliphatic rings. The summed E-state index contributed by atoms with van der Waals surface area (Å²) < 4.78 is 0. The Balaban J connectivity index is 0.00000392. The van der Waals surface area contributed by atoms with E-state index in [1.807, 2.05) is 50.2 Å². The summed E-state index contributed by atoms with van der Waals surface area (Å²) in [6.07, 6.45) is 0.925. The van der Waals surface area contributed by atoms with E-state index in [-0.39, 0.29) is 29.9 Å². The fourth-order valence-corrected chi connectivity index (χ4v) is 2.65. The van der Waals surface area contributed by atoms with E-state index in [2.05, 4.69) is 40.0 Å². The van der Waals surface area contributed by atoms with Gasteiger partial charge in [0, 0.05) is 25.2 Å². The standard InChI is InChI=1S/C22H30N4O.HI/c1-4-13-24-21(27)19-12-8-10-18(14-19)15-25-22(23-5-2)26-16-20-11-7-6-9-17(20)3;/h6-12,14H,4-5,13,15-16H2,1-3H3,(H,24,27)(H2,23,25,26);1H. The number of guanidine groups is 1. The van der Waals surface area contributed by atoms with E-state index >= 15 is 0 Å². The molecular weight excluding hydrogens is 463 g/mol. The number of benzene rings is 2. The van der Waals surface area contributed by atoms with Crippen molar-refractivity contribution in [3.8, 4) is 0 Å². The predicted molar refractivity (Wildman–Crippen MR) is 127 cm³/mol. The number of carbonyl (C=O) groups excluding carboxylic acids is 1. The van der Waals surface area contributed by atoms with E-state index in [1.165, 1.54) is 11.1 Å². The molecule has 0 aliphatic heterocycles. The minimum absolute atomic E-state index is 0. The Bertz CT molecular complexity index is 777. The summed E-state index contributed by atoms with van der Waals surface area (Å²) in [5.41, 5.74) is 4.19. The summed E-state index contributed by atoms with van der Waals surface area (Å²) in [6, 6.07) is 15.9. The Morgan fingerprint density at radius 3 is 2.50 bits per heavy atom. The molecule has 0 unspecified atom stereocenters. The summed E-state index contributed by atoms with van der Waals surface area (Å²) in [5, 5.41) is 9.55. The number of nitrogens with one attached hydrogen (secondary N) is 3. The van der Waals surface area contributed by atoms with E-state index < -0.39 is 0 Å². The van der Waals surface area contributed by atoms with Gasteiger partial charge < -0.3 is 16.0 Å². The van der Waals surface area contributed by atoms with Gasteiger partial charge >= 0.3 is 0 Å². The minimum atomic E-state index is -0.0349. The van der Waals surface area contributed by atoms with Crippen molar-refractivity contribution in [2.75, 3.05) is 13.1 Å². The maximum absolute atomic E-state index is 12.1. The third kappa shape index (κ3) is 7.88. The van der Waals surface area contributed by atoms with E-state index in [0.29, 0.717) is 18.7 Å². The molecule has 0 atom stereocenters. The first-order valence-electron chi connectivity index (χ1n) is 9.57. The highest BCUT2D eigenvalue weighted by Crippen LogP contribution is 2.08. The second kappa shape index (κ2) is 13.1. The van der Waals surface area contributed by atoms with Crippen LogP contribution in [0.4, 0.5) is 0 Å². The first-order valence-corrected chi connectivity index (χ1v) is 9.57. The molecule has 0 aromatic heterocycles. The highest BCUT2D eigenvalue weighted by atomic mass is 127. The van der Waals surface area contributed by atoms with Crippen LogP contribution in [0, 0.1) is 6.92 Å². The molecule has 2 aromatic carbocycles. The second-order valence-electron chi connectivity index (χ2n) is 6.43. The number of amides is 1. The lowest BCUT2D eigenvalue weighted by atomic mass is 10.1. The summed E-state index contributed by atoms with van der Waals surface area (Å²) in [4.78, 5) is 16.8. The molecule has 0 fully saturated rings. The van der Waals surface area contributed by atoms with Gasteiger partial charge in [0.05, 0.1) is 6.54 Å². The third-order valence-corrected chi connectivity index (χ3v) is 4.20. The van der Waals surface area contributed by atoms with Crippen molar-refractivity contribution >= 4 is 35.8 Å². The van der Waals surface area contributed by atoms with Crippen molar-refractivity contribution in [2.45, 2.75) is 40.3 Å². The molecule has 0 saturated carbocycles. The van der Waals surface area contributed by atoms with Crippen molar-refractivity contribution in [1.29, 1.82) is 0 Å². The lowest BCUT2D eigenvalue weighted by molar-refractivity contribution is 0.0953. The van der Waals surface area contributed by atoms with Crippen molar-refractivity contribution in [3.63, 3.8) is 0 Å². The zero-order valence-electron chi connectivity index (χ0n) is 16.9. The molecule has 0 heterocycles. The molecule has 0 spiro atoms. The van der Waals surface area contributed by atoms with Crippen LogP contribution >= 0.6 is 24.0 Å². The molecule has 2 aromatic rings. The van der Waals surface area contributed by atoms with Gasteiger partial charge in [-0.15, -0.1) is 24.0 Å². The highest BCUT2D eigenvalue weighted by molar-refractivity contribution is 14.0. The lowest BCUT2D eigenvalue weighted by Crippen LogP contribution is -2.36. The topological polar surface area (TPSA) is 65.5 Å². The van der Waals surface area contributed by atoms with Crippen molar-refractivity contribution in [3.05, 3.63) is 70.8 Å². The van der Waals surface area contributed by atoms with E-state index in [1.54, 1.807) is 0 Å². The van der Waals surface area contributed by atoms with Crippen LogP contribution in [-0.4, -0.2) is 25.0 Å². The number of hydrogen-bond acceptors (Lipinski definition) is 2. The van der Waals surface area contributed by atoms with Crippen LogP contribution < -0.4 is 16.0 Å². The Kier molecular flexibility index (Phi) is 11.2. The second-order valence-corrected chi connectivity index (χ2v) is 6.43. The van der Waals surface area contributed by atoms with Crippen LogP contribution in [0.25, 0.3) is 0 Å². The van der Waals surface area contributed by atoms with Gasteiger partial charge in [0.15, 0.2) is 5.96 Å². The zero-order valence-corrected chi connectivity index (χ0v) is 19.2. The molecule has 0 saturated heterocycles. The maximum Gasteiger partial charge on any atom is 0.251 e. The molecular formula is C22H31IN4O. The van der Waals surface area contributed by atoms with Gasteiger partial charge in [-0.25, -0.2) is 4.99 Å². The molecule has 0 bridgehead atoms. The van der Waals surface area contributed by atoms with Gasteiger partial charge in [-0.05, 0) is 49.1 Å². The first kappa shape index (κ1) is 23.9. The van der Waals surface area contributed by atoms with Gasteiger partial charge in [-0.1, -0.05) is 43.3 Å². The van der Waals surface area contributed by atoms with Crippen molar-refractivity contribution in [2.24, 2.45) is 4.99 Å². The van der Waals surface area contributed by atoms with E-state index in [0.717, 1.165) is 31.0 Å². The molecule has 2 rings (SSSR count). The summed E-state index contributed by atoms with van der Waals surface area (Å²) in [6.45, 7) is 8.90. The molecule has 5 nitrogen and oxygen atoms in total. The fraction of sp³-hybridized carbons (Fsp3) is 0.364. The third-order valence-electron chi connectivity index (χ3n) is 4.20. The molecule has 3 N–H and O–H groups in total. The number of rotatable bonds is 8. The van der Waals surface area contributed by atoms with Crippen LogP contribution in [0.1, 0.15) is 47.3 Å². The fourth-order valence-electron chi connectivity index (χ4n) is 2.65. The number of hydrogen-bond donors (Lipinski definition) is 3.